The van der Waals surface area contributed by atoms with E-state index in [4.69, 9.17) is 4.74 Å². The number of hydrogen-bond acceptors (Lipinski definition) is 4. The van der Waals surface area contributed by atoms with E-state index in [1.807, 2.05) is 0 Å². The highest BCUT2D eigenvalue weighted by Gasteiger charge is 2.34. The van der Waals surface area contributed by atoms with E-state index in [9.17, 15) is 14.4 Å². The van der Waals surface area contributed by atoms with Gasteiger partial charge in [-0.05, 0) is 44.9 Å². The van der Waals surface area contributed by atoms with Crippen molar-refractivity contribution in [1.29, 1.82) is 0 Å². The van der Waals surface area contributed by atoms with Gasteiger partial charge in [0.15, 0.2) is 12.4 Å². The van der Waals surface area contributed by atoms with Gasteiger partial charge in [-0.3, -0.25) is 19.3 Å². The van der Waals surface area contributed by atoms with Crippen molar-refractivity contribution in [3.63, 3.8) is 0 Å². The maximum absolute atomic E-state index is 12.6. The molecule has 1 aromatic carbocycles. The van der Waals surface area contributed by atoms with Gasteiger partial charge in [-0.2, -0.15) is 0 Å². The summed E-state index contributed by atoms with van der Waals surface area (Å²) in [6.45, 7) is 3.07. The van der Waals surface area contributed by atoms with Gasteiger partial charge in [0.05, 0.1) is 5.69 Å². The number of Topliss-reactive ketones (excluding diaryl/α,β-unsaturated/α-hetero) is 1. The number of hydrogen-bond donors (Lipinski definition) is 1. The van der Waals surface area contributed by atoms with Crippen molar-refractivity contribution in [3.8, 4) is 5.75 Å². The molecule has 1 aliphatic carbocycles. The lowest BCUT2D eigenvalue weighted by Crippen LogP contribution is -2.52. The van der Waals surface area contributed by atoms with Crippen LogP contribution in [0.15, 0.2) is 18.2 Å². The van der Waals surface area contributed by atoms with Gasteiger partial charge in [-0.1, -0.05) is 12.8 Å². The lowest BCUT2D eigenvalue weighted by molar-refractivity contribution is -0.127. The van der Waals surface area contributed by atoms with E-state index in [-0.39, 0.29) is 30.2 Å². The largest absolute Gasteiger partial charge is 0.482 e. The van der Waals surface area contributed by atoms with Crippen molar-refractivity contribution in [3.05, 3.63) is 23.8 Å². The Morgan fingerprint density at radius 1 is 1.29 bits per heavy atom. The first-order chi connectivity index (χ1) is 11.5. The van der Waals surface area contributed by atoms with Crippen LogP contribution in [0, 0.1) is 0 Å². The molecule has 1 unspecified atom stereocenters. The predicted octanol–water partition coefficient (Wildman–Crippen LogP) is 2.06. The number of fused-ring (bicyclic) bond motifs is 1. The van der Waals surface area contributed by atoms with Gasteiger partial charge in [0.1, 0.15) is 11.8 Å². The molecule has 2 aliphatic rings. The fraction of sp³-hybridized carbons (Fsp3) is 0.500. The Balaban J connectivity index is 1.86. The number of nitrogens with zero attached hydrogens (tertiary/aromatic N) is 1. The first-order valence-corrected chi connectivity index (χ1v) is 8.37. The molecule has 0 aromatic heterocycles. The zero-order valence-corrected chi connectivity index (χ0v) is 14.0. The van der Waals surface area contributed by atoms with Crippen LogP contribution >= 0.6 is 0 Å². The van der Waals surface area contributed by atoms with Crippen molar-refractivity contribution in [2.45, 2.75) is 51.6 Å². The Labute approximate surface area is 141 Å². The van der Waals surface area contributed by atoms with Crippen molar-refractivity contribution in [2.75, 3.05) is 11.5 Å². The number of amides is 2. The lowest BCUT2D eigenvalue weighted by Gasteiger charge is -2.34. The number of carbonyl (C=O) groups excluding carboxylic acids is 3. The molecule has 6 heteroatoms. The van der Waals surface area contributed by atoms with Gasteiger partial charge in [0.25, 0.3) is 5.91 Å². The molecule has 1 N–H and O–H groups in total. The molecule has 0 radical (unpaired) electrons. The van der Waals surface area contributed by atoms with E-state index in [2.05, 4.69) is 5.32 Å². The monoisotopic (exact) mass is 330 g/mol. The Kier molecular flexibility index (Phi) is 4.55. The average molecular weight is 330 g/mol. The molecule has 2 amide bonds. The minimum Gasteiger partial charge on any atom is -0.482 e. The second-order valence-electron chi connectivity index (χ2n) is 6.46. The van der Waals surface area contributed by atoms with Gasteiger partial charge >= 0.3 is 0 Å². The smallest absolute Gasteiger partial charge is 0.265 e. The molecule has 0 spiro atoms. The van der Waals surface area contributed by atoms with Gasteiger partial charge in [0, 0.05) is 11.6 Å². The quantitative estimate of drug-likeness (QED) is 0.858. The normalized spacial score (nSPS) is 18.8. The number of carbonyl (C=O) groups is 3. The topological polar surface area (TPSA) is 75.7 Å². The lowest BCUT2D eigenvalue weighted by atomic mass is 10.1. The third-order valence-electron chi connectivity index (χ3n) is 4.71. The molecule has 0 saturated heterocycles. The van der Waals surface area contributed by atoms with Crippen LogP contribution in [0.2, 0.25) is 0 Å². The zero-order valence-electron chi connectivity index (χ0n) is 14.0. The van der Waals surface area contributed by atoms with E-state index in [1.54, 1.807) is 25.1 Å². The summed E-state index contributed by atoms with van der Waals surface area (Å²) in [5.41, 5.74) is 0.966. The molecule has 1 aromatic rings. The fourth-order valence-electron chi connectivity index (χ4n) is 3.32. The maximum atomic E-state index is 12.6. The number of nitrogens with one attached hydrogen (secondary N) is 1. The summed E-state index contributed by atoms with van der Waals surface area (Å²) in [5.74, 6) is -0.0347. The van der Waals surface area contributed by atoms with E-state index in [0.717, 1.165) is 25.7 Å². The number of ether oxygens (including phenoxy) is 1. The van der Waals surface area contributed by atoms with Crippen LogP contribution in [-0.2, 0) is 9.59 Å². The van der Waals surface area contributed by atoms with E-state index < -0.39 is 6.04 Å². The summed E-state index contributed by atoms with van der Waals surface area (Å²) < 4.78 is 5.43. The molecule has 1 atom stereocenters. The van der Waals surface area contributed by atoms with Crippen LogP contribution in [0.1, 0.15) is 49.9 Å². The first-order valence-electron chi connectivity index (χ1n) is 8.37. The van der Waals surface area contributed by atoms with Crippen molar-refractivity contribution >= 4 is 23.3 Å². The number of benzene rings is 1. The molecule has 0 bridgehead atoms. The predicted molar refractivity (Wildman–Crippen MR) is 89.3 cm³/mol. The molecule has 1 fully saturated rings. The molecule has 1 heterocycles. The molecule has 24 heavy (non-hydrogen) atoms. The summed E-state index contributed by atoms with van der Waals surface area (Å²) in [6.07, 6.45) is 4.22. The molecular weight excluding hydrogens is 308 g/mol. The Morgan fingerprint density at radius 3 is 2.67 bits per heavy atom. The minimum atomic E-state index is -0.650. The van der Waals surface area contributed by atoms with Gasteiger partial charge in [-0.15, -0.1) is 0 Å². The van der Waals surface area contributed by atoms with Crippen LogP contribution in [0.4, 0.5) is 5.69 Å². The number of rotatable bonds is 4. The molecule has 3 rings (SSSR count). The highest BCUT2D eigenvalue weighted by molar-refractivity contribution is 6.05. The van der Waals surface area contributed by atoms with Gasteiger partial charge in [0.2, 0.25) is 5.91 Å². The first kappa shape index (κ1) is 16.5. The zero-order chi connectivity index (χ0) is 17.3. The molecule has 128 valence electrons. The molecule has 1 saturated carbocycles. The van der Waals surface area contributed by atoms with Gasteiger partial charge in [-0.25, -0.2) is 0 Å². The number of ketones is 1. The van der Waals surface area contributed by atoms with Crippen molar-refractivity contribution < 1.29 is 19.1 Å². The van der Waals surface area contributed by atoms with E-state index in [0.29, 0.717) is 17.0 Å². The second-order valence-corrected chi connectivity index (χ2v) is 6.46. The fourth-order valence-corrected chi connectivity index (χ4v) is 3.32. The summed E-state index contributed by atoms with van der Waals surface area (Å²) in [5, 5.41) is 3.02. The average Bonchev–Trinajstić information content (AvgIpc) is 3.06. The van der Waals surface area contributed by atoms with Crippen LogP contribution in [0.5, 0.6) is 5.75 Å². The van der Waals surface area contributed by atoms with Gasteiger partial charge < -0.3 is 10.1 Å². The molecular formula is C18H22N2O4. The summed E-state index contributed by atoms with van der Waals surface area (Å²) in [7, 11) is 0. The van der Waals surface area contributed by atoms with Crippen LogP contribution in [0.3, 0.4) is 0 Å². The summed E-state index contributed by atoms with van der Waals surface area (Å²) in [4.78, 5) is 38.0. The third kappa shape index (κ3) is 3.13. The second kappa shape index (κ2) is 6.63. The van der Waals surface area contributed by atoms with Crippen molar-refractivity contribution in [1.82, 2.24) is 5.32 Å². The highest BCUT2D eigenvalue weighted by Crippen LogP contribution is 2.34. The van der Waals surface area contributed by atoms with E-state index >= 15 is 0 Å². The summed E-state index contributed by atoms with van der Waals surface area (Å²) in [6, 6.07) is 4.50. The Bertz CT molecular complexity index is 680. The van der Waals surface area contributed by atoms with Crippen LogP contribution < -0.4 is 15.0 Å². The summed E-state index contributed by atoms with van der Waals surface area (Å²) >= 11 is 0. The Hall–Kier alpha value is -2.37. The van der Waals surface area contributed by atoms with Crippen LogP contribution in [-0.4, -0.2) is 36.3 Å². The van der Waals surface area contributed by atoms with Crippen LogP contribution in [0.25, 0.3) is 0 Å². The SMILES string of the molecule is CC(=O)c1ccc2c(c1)N(C(C)C(=O)NC1CCCC1)C(=O)CO2. The standard InChI is InChI=1S/C18H22N2O4/c1-11(18(23)19-14-5-3-4-6-14)20-15-9-13(12(2)21)7-8-16(15)24-10-17(20)22/h7-9,11,14H,3-6,10H2,1-2H3,(H,19,23). The minimum absolute atomic E-state index is 0.0983. The third-order valence-corrected chi connectivity index (χ3v) is 4.71. The molecule has 1 aliphatic heterocycles. The Morgan fingerprint density at radius 2 is 2.00 bits per heavy atom. The molecule has 6 nitrogen and oxygen atoms in total. The maximum Gasteiger partial charge on any atom is 0.265 e. The number of anilines is 1. The van der Waals surface area contributed by atoms with E-state index in [1.165, 1.54) is 11.8 Å². The van der Waals surface area contributed by atoms with Crippen molar-refractivity contribution in [2.24, 2.45) is 0 Å². The highest BCUT2D eigenvalue weighted by atomic mass is 16.5.